The second-order valence-corrected chi connectivity index (χ2v) is 3.71. The summed E-state index contributed by atoms with van der Waals surface area (Å²) in [6.07, 6.45) is 1.68. The van der Waals surface area contributed by atoms with Crippen LogP contribution in [0.25, 0.3) is 0 Å². The molecule has 0 saturated heterocycles. The molecule has 17 heavy (non-hydrogen) atoms. The largest absolute Gasteiger partial charge is 0.370 e. The van der Waals surface area contributed by atoms with Crippen LogP contribution in [0.4, 0.5) is 23.2 Å². The minimum absolute atomic E-state index is 0.0204. The van der Waals surface area contributed by atoms with Gasteiger partial charge in [-0.1, -0.05) is 0 Å². The third-order valence-corrected chi connectivity index (χ3v) is 2.23. The van der Waals surface area contributed by atoms with E-state index in [0.29, 0.717) is 0 Å². The number of hydrogen-bond acceptors (Lipinski definition) is 1. The Morgan fingerprint density at radius 2 is 1.71 bits per heavy atom. The molecule has 1 aliphatic carbocycles. The zero-order chi connectivity index (χ0) is 12.6. The standard InChI is InChI=1S/C10H9F4N3/c11-5-3-6(12)8(14)9(7(5)13)17-10(15)16-4-1-2-4/h3-4H,1-2H2,(H3,15,16,17). The molecule has 0 heterocycles. The van der Waals surface area contributed by atoms with Crippen molar-refractivity contribution in [2.75, 3.05) is 5.32 Å². The highest BCUT2D eigenvalue weighted by atomic mass is 19.2. The molecular weight excluding hydrogens is 238 g/mol. The second kappa shape index (κ2) is 4.23. The maximum absolute atomic E-state index is 13.2. The summed E-state index contributed by atoms with van der Waals surface area (Å²) < 4.78 is 52.1. The molecule has 3 nitrogen and oxygen atoms in total. The van der Waals surface area contributed by atoms with Crippen LogP contribution in [0, 0.1) is 23.3 Å². The minimum atomic E-state index is -1.53. The number of nitrogens with two attached hydrogens (primary N) is 1. The van der Waals surface area contributed by atoms with E-state index >= 15 is 0 Å². The van der Waals surface area contributed by atoms with E-state index in [9.17, 15) is 17.6 Å². The molecule has 1 fully saturated rings. The van der Waals surface area contributed by atoms with Crippen molar-refractivity contribution in [3.8, 4) is 0 Å². The summed E-state index contributed by atoms with van der Waals surface area (Å²) in [7, 11) is 0. The molecule has 1 aliphatic rings. The van der Waals surface area contributed by atoms with Crippen molar-refractivity contribution in [2.45, 2.75) is 18.9 Å². The number of halogens is 4. The highest BCUT2D eigenvalue weighted by Gasteiger charge is 2.23. The van der Waals surface area contributed by atoms with Gasteiger partial charge in [-0.2, -0.15) is 0 Å². The summed E-state index contributed by atoms with van der Waals surface area (Å²) in [6.45, 7) is 0. The summed E-state index contributed by atoms with van der Waals surface area (Å²) in [6, 6.07) is 0.149. The summed E-state index contributed by atoms with van der Waals surface area (Å²) >= 11 is 0. The monoisotopic (exact) mass is 247 g/mol. The fourth-order valence-corrected chi connectivity index (χ4v) is 1.24. The third-order valence-electron chi connectivity index (χ3n) is 2.23. The number of nitrogens with one attached hydrogen (secondary N) is 1. The zero-order valence-corrected chi connectivity index (χ0v) is 8.61. The fourth-order valence-electron chi connectivity index (χ4n) is 1.24. The van der Waals surface area contributed by atoms with Crippen molar-refractivity contribution in [1.82, 2.24) is 0 Å². The van der Waals surface area contributed by atoms with Crippen molar-refractivity contribution in [2.24, 2.45) is 10.7 Å². The molecule has 0 spiro atoms. The Balaban J connectivity index is 2.30. The molecule has 0 aliphatic heterocycles. The van der Waals surface area contributed by atoms with Crippen LogP contribution in [0.2, 0.25) is 0 Å². The van der Waals surface area contributed by atoms with E-state index in [1.807, 2.05) is 5.32 Å². The van der Waals surface area contributed by atoms with Gasteiger partial charge in [-0.05, 0) is 12.8 Å². The molecule has 1 aromatic carbocycles. The van der Waals surface area contributed by atoms with Crippen LogP contribution in [0.5, 0.6) is 0 Å². The smallest absolute Gasteiger partial charge is 0.193 e. The highest BCUT2D eigenvalue weighted by molar-refractivity contribution is 5.92. The van der Waals surface area contributed by atoms with Crippen molar-refractivity contribution in [3.05, 3.63) is 29.3 Å². The average Bonchev–Trinajstić information content (AvgIpc) is 3.05. The molecule has 1 saturated carbocycles. The van der Waals surface area contributed by atoms with Crippen LogP contribution in [0.3, 0.4) is 0 Å². The molecule has 7 heteroatoms. The first-order valence-corrected chi connectivity index (χ1v) is 4.92. The van der Waals surface area contributed by atoms with Gasteiger partial charge >= 0.3 is 0 Å². The number of anilines is 1. The molecular formula is C10H9F4N3. The minimum Gasteiger partial charge on any atom is -0.370 e. The lowest BCUT2D eigenvalue weighted by Crippen LogP contribution is -2.25. The van der Waals surface area contributed by atoms with Gasteiger partial charge in [0.05, 0.1) is 6.04 Å². The first-order valence-electron chi connectivity index (χ1n) is 4.92. The Morgan fingerprint density at radius 3 is 2.18 bits per heavy atom. The quantitative estimate of drug-likeness (QED) is 0.364. The first-order chi connectivity index (χ1) is 7.99. The molecule has 0 amide bonds. The lowest BCUT2D eigenvalue weighted by atomic mass is 10.2. The lowest BCUT2D eigenvalue weighted by Gasteiger charge is -2.09. The van der Waals surface area contributed by atoms with E-state index in [2.05, 4.69) is 4.99 Å². The highest BCUT2D eigenvalue weighted by Crippen LogP contribution is 2.25. The van der Waals surface area contributed by atoms with Gasteiger partial charge in [0, 0.05) is 6.07 Å². The Labute approximate surface area is 94.3 Å². The van der Waals surface area contributed by atoms with Gasteiger partial charge in [0.15, 0.2) is 29.2 Å². The first kappa shape index (κ1) is 11.7. The molecule has 0 radical (unpaired) electrons. The molecule has 0 aromatic heterocycles. The number of hydrogen-bond donors (Lipinski definition) is 2. The Bertz CT molecular complexity index is 457. The molecule has 2 rings (SSSR count). The topological polar surface area (TPSA) is 50.4 Å². The van der Waals surface area contributed by atoms with Gasteiger partial charge in [-0.25, -0.2) is 22.6 Å². The van der Waals surface area contributed by atoms with E-state index in [4.69, 9.17) is 5.73 Å². The predicted octanol–water partition coefficient (Wildman–Crippen LogP) is 2.13. The van der Waals surface area contributed by atoms with E-state index in [0.717, 1.165) is 12.8 Å². The SMILES string of the molecule is NC(=NC1CC1)Nc1c(F)c(F)cc(F)c1F. The predicted molar refractivity (Wildman–Crippen MR) is 54.5 cm³/mol. The van der Waals surface area contributed by atoms with Crippen molar-refractivity contribution >= 4 is 11.6 Å². The summed E-state index contributed by atoms with van der Waals surface area (Å²) in [5, 5.41) is 2.03. The third kappa shape index (κ3) is 2.48. The summed E-state index contributed by atoms with van der Waals surface area (Å²) in [4.78, 5) is 3.83. The maximum atomic E-state index is 13.2. The van der Waals surface area contributed by atoms with Gasteiger partial charge in [-0.15, -0.1) is 0 Å². The van der Waals surface area contributed by atoms with Crippen LogP contribution in [0.15, 0.2) is 11.1 Å². The zero-order valence-electron chi connectivity index (χ0n) is 8.61. The molecule has 92 valence electrons. The van der Waals surface area contributed by atoms with Gasteiger partial charge in [-0.3, -0.25) is 0 Å². The number of nitrogens with zero attached hydrogens (tertiary/aromatic N) is 1. The molecule has 0 atom stereocenters. The van der Waals surface area contributed by atoms with Gasteiger partial charge in [0.25, 0.3) is 0 Å². The van der Waals surface area contributed by atoms with Gasteiger partial charge in [0.2, 0.25) is 0 Å². The Hall–Kier alpha value is -1.79. The molecule has 0 unspecified atom stereocenters. The van der Waals surface area contributed by atoms with E-state index in [1.54, 1.807) is 0 Å². The summed E-state index contributed by atoms with van der Waals surface area (Å²) in [5.74, 6) is -6.32. The fraction of sp³-hybridized carbons (Fsp3) is 0.300. The maximum Gasteiger partial charge on any atom is 0.193 e. The summed E-state index contributed by atoms with van der Waals surface area (Å²) in [5.41, 5.74) is 4.38. The van der Waals surface area contributed by atoms with Crippen LogP contribution in [-0.4, -0.2) is 12.0 Å². The van der Waals surface area contributed by atoms with Gasteiger partial charge < -0.3 is 11.1 Å². The Morgan fingerprint density at radius 1 is 1.18 bits per heavy atom. The Kier molecular flexibility index (Phi) is 2.91. The van der Waals surface area contributed by atoms with Crippen molar-refractivity contribution in [3.63, 3.8) is 0 Å². The molecule has 3 N–H and O–H groups in total. The lowest BCUT2D eigenvalue weighted by molar-refractivity contribution is 0.459. The van der Waals surface area contributed by atoms with Crippen LogP contribution >= 0.6 is 0 Å². The van der Waals surface area contributed by atoms with Crippen molar-refractivity contribution < 1.29 is 17.6 Å². The number of benzene rings is 1. The van der Waals surface area contributed by atoms with Crippen LogP contribution in [-0.2, 0) is 0 Å². The van der Waals surface area contributed by atoms with Crippen LogP contribution < -0.4 is 11.1 Å². The average molecular weight is 247 g/mol. The number of guanidine groups is 1. The molecule has 1 aromatic rings. The number of aliphatic imine (C=N–C) groups is 1. The van der Waals surface area contributed by atoms with E-state index < -0.39 is 29.0 Å². The van der Waals surface area contributed by atoms with Gasteiger partial charge in [0.1, 0.15) is 5.69 Å². The van der Waals surface area contributed by atoms with E-state index in [-0.39, 0.29) is 18.1 Å². The van der Waals surface area contributed by atoms with Crippen molar-refractivity contribution in [1.29, 1.82) is 0 Å². The second-order valence-electron chi connectivity index (χ2n) is 3.71. The van der Waals surface area contributed by atoms with E-state index in [1.165, 1.54) is 0 Å². The number of rotatable bonds is 2. The van der Waals surface area contributed by atoms with Crippen LogP contribution in [0.1, 0.15) is 12.8 Å². The normalized spacial score (nSPS) is 16.1. The molecule has 0 bridgehead atoms.